The minimum Gasteiger partial charge on any atom is -0.394 e. The van der Waals surface area contributed by atoms with Gasteiger partial charge in [-0.1, -0.05) is 302 Å². The molecule has 0 bridgehead atoms. The maximum atomic E-state index is 13.5. The molecule has 3 heterocycles. The number of unbranched alkanes of at least 4 members (excludes halogenated alkanes) is 27. The van der Waals surface area contributed by atoms with E-state index in [4.69, 9.17) is 28.4 Å². The highest BCUT2D eigenvalue weighted by Crippen LogP contribution is 2.33. The average molecular weight is 1470 g/mol. The number of allylic oxidation sites excluding steroid dienone is 20. The molecule has 104 heavy (non-hydrogen) atoms. The molecule has 3 rings (SSSR count). The molecule has 17 unspecified atom stereocenters. The first-order chi connectivity index (χ1) is 50.8. The fourth-order valence-corrected chi connectivity index (χ4v) is 13.0. The van der Waals surface area contributed by atoms with Crippen LogP contribution in [-0.2, 0) is 33.2 Å². The van der Waals surface area contributed by atoms with Crippen molar-refractivity contribution in [3.8, 4) is 0 Å². The summed E-state index contributed by atoms with van der Waals surface area (Å²) >= 11 is 0. The van der Waals surface area contributed by atoms with Crippen LogP contribution in [-0.4, -0.2) is 193 Å². The molecular formula is C85H145NO18. The second-order valence-corrected chi connectivity index (χ2v) is 28.5. The Morgan fingerprint density at radius 2 is 0.663 bits per heavy atom. The first kappa shape index (κ1) is 94.4. The molecule has 0 aromatic rings. The molecule has 3 fully saturated rings. The molecule has 0 aliphatic carbocycles. The molecule has 3 saturated heterocycles. The lowest BCUT2D eigenvalue weighted by molar-refractivity contribution is -0.379. The quantitative estimate of drug-likeness (QED) is 0.0199. The summed E-state index contributed by atoms with van der Waals surface area (Å²) in [5.41, 5.74) is 0. The van der Waals surface area contributed by atoms with Gasteiger partial charge in [-0.3, -0.25) is 4.79 Å². The fourth-order valence-electron chi connectivity index (χ4n) is 13.0. The number of aliphatic hydroxyl groups excluding tert-OH is 11. The number of aliphatic hydroxyl groups is 11. The Labute approximate surface area is 627 Å². The third-order valence-electron chi connectivity index (χ3n) is 19.6. The predicted octanol–water partition coefficient (Wildman–Crippen LogP) is 13.9. The number of ether oxygens (including phenoxy) is 6. The van der Waals surface area contributed by atoms with Crippen LogP contribution in [0.25, 0.3) is 0 Å². The smallest absolute Gasteiger partial charge is 0.220 e. The summed E-state index contributed by atoms with van der Waals surface area (Å²) in [6.07, 6.45) is 62.8. The summed E-state index contributed by atoms with van der Waals surface area (Å²) in [4.78, 5) is 13.5. The SMILES string of the molecule is CC/C=C\C/C=C\C/C=C\C/C=C\C/C=C\C/C=C\C/C=C\C/C=C\C/C=C\C/C=C\CCCCC(=O)NC(COC1OC(CO)C(OC2OC(CO)C(OC3OC(CO)C(O)C(O)C3O)C(O)C2O)C(O)C1O)C(O)CCCCCCCCCCCCCCCCCCCCCCCCCCCC. The lowest BCUT2D eigenvalue weighted by Crippen LogP contribution is -2.66. The van der Waals surface area contributed by atoms with Crippen molar-refractivity contribution in [3.63, 3.8) is 0 Å². The largest absolute Gasteiger partial charge is 0.394 e. The van der Waals surface area contributed by atoms with Crippen LogP contribution in [0.3, 0.4) is 0 Å². The molecule has 17 atom stereocenters. The van der Waals surface area contributed by atoms with E-state index in [1.54, 1.807) is 0 Å². The standard InChI is InChI=1S/C85H145NO18/c1-3-5-7-9-11-13-15-17-19-21-23-25-27-29-31-32-33-34-35-36-37-39-41-43-45-47-49-51-53-55-57-59-61-63-73(91)86-68(69(90)62-60-58-56-54-52-50-48-46-44-42-40-38-30-28-26-24-22-20-18-16-14-12-10-8-6-4-2)67-99-83-79(97)76(94)81(71(65-88)101-83)104-85-80(98)77(95)82(72(66-89)102-85)103-84-78(96)75(93)74(92)70(64-87)100-84/h5,7,11,13,17,19,23,25,29,31,33-34,36-37,41,43,47,49,53,55,68-72,74-85,87-90,92-98H,3-4,6,8-10,12,14-16,18,20-22,24,26-28,30,32,35,38-40,42,44-46,48,50-52,54,56-67H2,1-2H3,(H,86,91)/b7-5-,13-11-,19-17-,25-23-,31-29-,34-33-,37-36-,43-41-,49-47-,55-53-. The molecule has 12 N–H and O–H groups in total. The lowest BCUT2D eigenvalue weighted by Gasteiger charge is -2.48. The zero-order valence-electron chi connectivity index (χ0n) is 64.0. The lowest BCUT2D eigenvalue weighted by atomic mass is 9.96. The Kier molecular flexibility index (Phi) is 58.1. The van der Waals surface area contributed by atoms with E-state index in [1.807, 2.05) is 0 Å². The topological polar surface area (TPSA) is 307 Å². The normalized spacial score (nSPS) is 26.6. The molecule has 1 amide bonds. The van der Waals surface area contributed by atoms with Gasteiger partial charge in [0.15, 0.2) is 18.9 Å². The molecule has 0 aromatic carbocycles. The average Bonchev–Trinajstić information content (AvgIpc) is 0.783. The van der Waals surface area contributed by atoms with E-state index >= 15 is 0 Å². The molecule has 3 aliphatic rings. The second kappa shape index (κ2) is 64.1. The number of amides is 1. The first-order valence-electron chi connectivity index (χ1n) is 40.8. The fraction of sp³-hybridized carbons (Fsp3) is 0.753. The van der Waals surface area contributed by atoms with Gasteiger partial charge in [-0.15, -0.1) is 0 Å². The van der Waals surface area contributed by atoms with Crippen LogP contribution in [0.4, 0.5) is 0 Å². The van der Waals surface area contributed by atoms with E-state index < -0.39 is 124 Å². The minimum atomic E-state index is -1.98. The van der Waals surface area contributed by atoms with E-state index in [-0.39, 0.29) is 18.9 Å². The van der Waals surface area contributed by atoms with Crippen molar-refractivity contribution >= 4 is 5.91 Å². The highest BCUT2D eigenvalue weighted by atomic mass is 16.8. The van der Waals surface area contributed by atoms with Crippen molar-refractivity contribution in [2.24, 2.45) is 0 Å². The predicted molar refractivity (Wildman–Crippen MR) is 415 cm³/mol. The maximum Gasteiger partial charge on any atom is 0.220 e. The Hall–Kier alpha value is -3.81. The number of hydrogen-bond acceptors (Lipinski definition) is 18. The van der Waals surface area contributed by atoms with E-state index in [2.05, 4.69) is 141 Å². The molecule has 598 valence electrons. The first-order valence-corrected chi connectivity index (χ1v) is 40.8. The van der Waals surface area contributed by atoms with E-state index in [0.29, 0.717) is 19.3 Å². The van der Waals surface area contributed by atoms with Crippen LogP contribution in [0.15, 0.2) is 122 Å². The molecule has 0 saturated carbocycles. The number of rotatable bonds is 63. The Bertz CT molecular complexity index is 2350. The Balaban J connectivity index is 1.40. The van der Waals surface area contributed by atoms with Crippen molar-refractivity contribution in [2.75, 3.05) is 26.4 Å². The zero-order valence-corrected chi connectivity index (χ0v) is 64.0. The maximum absolute atomic E-state index is 13.5. The monoisotopic (exact) mass is 1470 g/mol. The molecule has 3 aliphatic heterocycles. The number of carbonyl (C=O) groups is 1. The highest BCUT2D eigenvalue weighted by molar-refractivity contribution is 5.76. The van der Waals surface area contributed by atoms with E-state index in [0.717, 1.165) is 96.3 Å². The van der Waals surface area contributed by atoms with Gasteiger partial charge >= 0.3 is 0 Å². The van der Waals surface area contributed by atoms with Crippen molar-refractivity contribution in [1.29, 1.82) is 0 Å². The summed E-state index contributed by atoms with van der Waals surface area (Å²) in [5, 5.41) is 121. The zero-order chi connectivity index (χ0) is 75.3. The van der Waals surface area contributed by atoms with E-state index in [9.17, 15) is 61.0 Å². The van der Waals surface area contributed by atoms with Gasteiger partial charge in [0.2, 0.25) is 5.91 Å². The molecule has 0 aromatic heterocycles. The van der Waals surface area contributed by atoms with Gasteiger partial charge < -0.3 is 89.9 Å². The van der Waals surface area contributed by atoms with Crippen molar-refractivity contribution < 1.29 is 89.4 Å². The van der Waals surface area contributed by atoms with Gasteiger partial charge in [0.25, 0.3) is 0 Å². The number of nitrogens with one attached hydrogen (secondary N) is 1. The van der Waals surface area contributed by atoms with Gasteiger partial charge in [-0.25, -0.2) is 0 Å². The third-order valence-corrected chi connectivity index (χ3v) is 19.6. The molecule has 0 spiro atoms. The van der Waals surface area contributed by atoms with Crippen LogP contribution in [0.2, 0.25) is 0 Å². The summed E-state index contributed by atoms with van der Waals surface area (Å²) in [6.45, 7) is 1.67. The summed E-state index contributed by atoms with van der Waals surface area (Å²) in [6, 6.07) is -0.922. The van der Waals surface area contributed by atoms with Crippen LogP contribution >= 0.6 is 0 Å². The van der Waals surface area contributed by atoms with Crippen molar-refractivity contribution in [2.45, 2.75) is 381 Å². The van der Waals surface area contributed by atoms with Crippen LogP contribution in [0.5, 0.6) is 0 Å². The summed E-state index contributed by atoms with van der Waals surface area (Å²) in [7, 11) is 0. The van der Waals surface area contributed by atoms with Gasteiger partial charge in [0.05, 0.1) is 38.6 Å². The van der Waals surface area contributed by atoms with Gasteiger partial charge in [0.1, 0.15) is 73.2 Å². The molecule has 19 heteroatoms. The second-order valence-electron chi connectivity index (χ2n) is 28.5. The Morgan fingerprint density at radius 3 is 1.02 bits per heavy atom. The number of hydrogen-bond donors (Lipinski definition) is 12. The summed E-state index contributed by atoms with van der Waals surface area (Å²) in [5.74, 6) is -0.287. The van der Waals surface area contributed by atoms with Crippen LogP contribution < -0.4 is 5.32 Å². The Morgan fingerprint density at radius 1 is 0.356 bits per heavy atom. The van der Waals surface area contributed by atoms with E-state index in [1.165, 1.54) is 141 Å². The van der Waals surface area contributed by atoms with Crippen molar-refractivity contribution in [3.05, 3.63) is 122 Å². The van der Waals surface area contributed by atoms with Gasteiger partial charge in [0, 0.05) is 6.42 Å². The van der Waals surface area contributed by atoms with Crippen LogP contribution in [0, 0.1) is 0 Å². The molecule has 19 nitrogen and oxygen atoms in total. The van der Waals surface area contributed by atoms with Gasteiger partial charge in [-0.2, -0.15) is 0 Å². The third kappa shape index (κ3) is 43.4. The molecule has 0 radical (unpaired) electrons. The van der Waals surface area contributed by atoms with Crippen LogP contribution in [0.1, 0.15) is 277 Å². The highest BCUT2D eigenvalue weighted by Gasteiger charge is 2.54. The number of carbonyl (C=O) groups excluding carboxylic acids is 1. The summed E-state index contributed by atoms with van der Waals surface area (Å²) < 4.78 is 34.5. The van der Waals surface area contributed by atoms with Gasteiger partial charge in [-0.05, 0) is 89.9 Å². The molecular weight excluding hydrogens is 1320 g/mol. The van der Waals surface area contributed by atoms with Crippen molar-refractivity contribution in [1.82, 2.24) is 5.32 Å². The minimum absolute atomic E-state index is 0.203.